The third kappa shape index (κ3) is 10.6. The van der Waals surface area contributed by atoms with Gasteiger partial charge in [0, 0.05) is 29.3 Å². The molecule has 0 aliphatic heterocycles. The highest BCUT2D eigenvalue weighted by Gasteiger charge is 2.20. The summed E-state index contributed by atoms with van der Waals surface area (Å²) in [4.78, 5) is 25.6. The summed E-state index contributed by atoms with van der Waals surface area (Å²) in [6, 6.07) is 18.5. The van der Waals surface area contributed by atoms with Crippen molar-refractivity contribution in [2.24, 2.45) is 0 Å². The van der Waals surface area contributed by atoms with E-state index in [-0.39, 0.29) is 47.8 Å². The number of hydrogen-bond acceptors (Lipinski definition) is 8. The topological polar surface area (TPSA) is 94.5 Å². The van der Waals surface area contributed by atoms with Crippen LogP contribution in [-0.4, -0.2) is 69.8 Å². The molecule has 0 radical (unpaired) electrons. The highest BCUT2D eigenvalue weighted by atomic mass is 35.5. The lowest BCUT2D eigenvalue weighted by atomic mass is 10.0. The molecule has 1 N–H and O–H groups in total. The Morgan fingerprint density at radius 3 is 2.14 bits per heavy atom. The molecule has 0 atom stereocenters. The van der Waals surface area contributed by atoms with E-state index in [2.05, 4.69) is 0 Å². The molecule has 10 heteroatoms. The number of halogens is 2. The van der Waals surface area contributed by atoms with Crippen LogP contribution in [0.25, 0.3) is 0 Å². The highest BCUT2D eigenvalue weighted by Crippen LogP contribution is 2.34. The van der Waals surface area contributed by atoms with Gasteiger partial charge in [-0.1, -0.05) is 41.9 Å². The molecule has 0 bridgehead atoms. The van der Waals surface area contributed by atoms with Crippen LogP contribution < -0.4 is 14.2 Å². The quantitative estimate of drug-likeness (QED) is 0.281. The standard InChI is InChI=1S/C15H14O4.C12H16ClNO3.ClH/c1-18-11-8-12(16)14(13(9-11)19-2)15(17)10-6-4-3-5-7-10;1-14(2)7-8-16-12(15)9-17-11-5-3-10(13)4-6-11;/h3-9,16H,1-2H3;3-6H,7-9H2,1-2H3;1H. The minimum atomic E-state index is -0.373. The Kier molecular flexibility index (Phi) is 13.9. The number of rotatable bonds is 10. The van der Waals surface area contributed by atoms with Gasteiger partial charge in [-0.2, -0.15) is 0 Å². The number of phenols is 1. The van der Waals surface area contributed by atoms with Crippen LogP contribution in [0.3, 0.4) is 0 Å². The summed E-state index contributed by atoms with van der Waals surface area (Å²) < 4.78 is 20.4. The second-order valence-electron chi connectivity index (χ2n) is 7.69. The van der Waals surface area contributed by atoms with Crippen LogP contribution in [-0.2, 0) is 9.53 Å². The van der Waals surface area contributed by atoms with Crippen LogP contribution in [0.2, 0.25) is 5.02 Å². The molecule has 0 amide bonds. The summed E-state index contributed by atoms with van der Waals surface area (Å²) in [5, 5.41) is 10.6. The van der Waals surface area contributed by atoms with Gasteiger partial charge in [-0.3, -0.25) is 4.79 Å². The monoisotopic (exact) mass is 551 g/mol. The molecule has 3 aromatic carbocycles. The summed E-state index contributed by atoms with van der Waals surface area (Å²) in [6.07, 6.45) is 0. The summed E-state index contributed by atoms with van der Waals surface area (Å²) in [7, 11) is 6.75. The lowest BCUT2D eigenvalue weighted by molar-refractivity contribution is -0.146. The average Bonchev–Trinajstić information content (AvgIpc) is 2.88. The molecule has 200 valence electrons. The van der Waals surface area contributed by atoms with Crippen molar-refractivity contribution < 1.29 is 33.6 Å². The molecule has 3 rings (SSSR count). The molecule has 0 aliphatic carbocycles. The van der Waals surface area contributed by atoms with Gasteiger partial charge in [0.1, 0.15) is 35.2 Å². The molecule has 0 heterocycles. The Morgan fingerprint density at radius 1 is 0.919 bits per heavy atom. The lowest BCUT2D eigenvalue weighted by Crippen LogP contribution is -2.22. The van der Waals surface area contributed by atoms with Gasteiger partial charge in [0.25, 0.3) is 0 Å². The molecule has 0 saturated heterocycles. The zero-order valence-electron chi connectivity index (χ0n) is 21.1. The molecule has 3 aromatic rings. The molecular formula is C27H31Cl2NO7. The smallest absolute Gasteiger partial charge is 0.344 e. The van der Waals surface area contributed by atoms with E-state index >= 15 is 0 Å². The summed E-state index contributed by atoms with van der Waals surface area (Å²) in [5.41, 5.74) is 0.621. The van der Waals surface area contributed by atoms with E-state index < -0.39 is 0 Å². The van der Waals surface area contributed by atoms with E-state index in [0.717, 1.165) is 0 Å². The van der Waals surface area contributed by atoms with Crippen LogP contribution >= 0.6 is 24.0 Å². The maximum Gasteiger partial charge on any atom is 0.344 e. The first-order valence-electron chi connectivity index (χ1n) is 11.0. The SMILES string of the molecule is CN(C)CCOC(=O)COc1ccc(Cl)cc1.COc1cc(O)c(C(=O)c2ccccc2)c(OC)c1.Cl. The molecule has 0 unspecified atom stereocenters. The zero-order valence-corrected chi connectivity index (χ0v) is 22.7. The fourth-order valence-corrected chi connectivity index (χ4v) is 3.00. The predicted molar refractivity (Wildman–Crippen MR) is 145 cm³/mol. The van der Waals surface area contributed by atoms with Gasteiger partial charge in [-0.25, -0.2) is 4.79 Å². The minimum Gasteiger partial charge on any atom is -0.507 e. The van der Waals surface area contributed by atoms with Crippen molar-refractivity contribution in [1.82, 2.24) is 4.90 Å². The molecule has 0 spiro atoms. The highest BCUT2D eigenvalue weighted by molar-refractivity contribution is 6.30. The van der Waals surface area contributed by atoms with E-state index in [4.69, 9.17) is 30.5 Å². The summed E-state index contributed by atoms with van der Waals surface area (Å²) >= 11 is 5.72. The lowest BCUT2D eigenvalue weighted by Gasteiger charge is -2.11. The van der Waals surface area contributed by atoms with Gasteiger partial charge >= 0.3 is 5.97 Å². The van der Waals surface area contributed by atoms with Gasteiger partial charge in [0.05, 0.1) is 14.2 Å². The van der Waals surface area contributed by atoms with E-state index in [1.54, 1.807) is 54.6 Å². The van der Waals surface area contributed by atoms with Crippen LogP contribution in [0, 0.1) is 0 Å². The van der Waals surface area contributed by atoms with E-state index in [1.165, 1.54) is 20.3 Å². The Hall–Kier alpha value is -3.46. The molecule has 37 heavy (non-hydrogen) atoms. The van der Waals surface area contributed by atoms with Crippen LogP contribution in [0.5, 0.6) is 23.0 Å². The fraction of sp³-hybridized carbons (Fsp3) is 0.259. The normalized spacial score (nSPS) is 9.89. The number of benzene rings is 3. The van der Waals surface area contributed by atoms with Gasteiger partial charge in [-0.15, -0.1) is 12.4 Å². The van der Waals surface area contributed by atoms with Gasteiger partial charge in [0.2, 0.25) is 5.78 Å². The minimum absolute atomic E-state index is 0. The van der Waals surface area contributed by atoms with Crippen LogP contribution in [0.4, 0.5) is 0 Å². The number of ether oxygens (including phenoxy) is 4. The van der Waals surface area contributed by atoms with Gasteiger partial charge in [0.15, 0.2) is 6.61 Å². The van der Waals surface area contributed by atoms with E-state index in [1.807, 2.05) is 25.1 Å². The number of carbonyl (C=O) groups excluding carboxylic acids is 2. The molecule has 0 fully saturated rings. The van der Waals surface area contributed by atoms with Crippen molar-refractivity contribution in [1.29, 1.82) is 0 Å². The molecular weight excluding hydrogens is 521 g/mol. The third-order valence-electron chi connectivity index (χ3n) is 4.75. The zero-order chi connectivity index (χ0) is 26.5. The van der Waals surface area contributed by atoms with Gasteiger partial charge in [-0.05, 0) is 38.4 Å². The molecule has 0 aromatic heterocycles. The number of phenolic OH excluding ortho intramolecular Hbond substituents is 1. The van der Waals surface area contributed by atoms with Crippen LogP contribution in [0.15, 0.2) is 66.7 Å². The number of nitrogens with zero attached hydrogens (tertiary/aromatic N) is 1. The van der Waals surface area contributed by atoms with E-state index in [0.29, 0.717) is 35.2 Å². The second kappa shape index (κ2) is 16.3. The second-order valence-corrected chi connectivity index (χ2v) is 8.12. The average molecular weight is 552 g/mol. The van der Waals surface area contributed by atoms with Crippen molar-refractivity contribution in [2.45, 2.75) is 0 Å². The van der Waals surface area contributed by atoms with Crippen molar-refractivity contribution in [3.63, 3.8) is 0 Å². The Labute approximate surface area is 228 Å². The number of hydrogen-bond donors (Lipinski definition) is 1. The van der Waals surface area contributed by atoms with Crippen molar-refractivity contribution in [3.8, 4) is 23.0 Å². The number of ketones is 1. The number of likely N-dealkylation sites (N-methyl/N-ethyl adjacent to an activating group) is 1. The number of methoxy groups -OCH3 is 2. The largest absolute Gasteiger partial charge is 0.507 e. The Bertz CT molecular complexity index is 1120. The maximum atomic E-state index is 12.4. The van der Waals surface area contributed by atoms with Crippen molar-refractivity contribution in [2.75, 3.05) is 48.1 Å². The first kappa shape index (κ1) is 31.6. The number of aromatic hydroxyl groups is 1. The summed E-state index contributed by atoms with van der Waals surface area (Å²) in [6.45, 7) is 0.984. The third-order valence-corrected chi connectivity index (χ3v) is 5.00. The first-order valence-corrected chi connectivity index (χ1v) is 11.4. The maximum absolute atomic E-state index is 12.4. The first-order chi connectivity index (χ1) is 17.2. The number of carbonyl (C=O) groups is 2. The summed E-state index contributed by atoms with van der Waals surface area (Å²) in [5.74, 6) is 0.480. The fourth-order valence-electron chi connectivity index (χ4n) is 2.87. The number of esters is 1. The Balaban J connectivity index is 0.000000363. The molecule has 8 nitrogen and oxygen atoms in total. The molecule has 0 aliphatic rings. The Morgan fingerprint density at radius 2 is 1.57 bits per heavy atom. The van der Waals surface area contributed by atoms with Crippen molar-refractivity contribution in [3.05, 3.63) is 82.9 Å². The van der Waals surface area contributed by atoms with Crippen molar-refractivity contribution >= 4 is 35.8 Å². The molecule has 0 saturated carbocycles. The van der Waals surface area contributed by atoms with Crippen LogP contribution in [0.1, 0.15) is 15.9 Å². The van der Waals surface area contributed by atoms with E-state index in [9.17, 15) is 14.7 Å². The van der Waals surface area contributed by atoms with Gasteiger partial charge < -0.3 is 29.0 Å². The predicted octanol–water partition coefficient (Wildman–Crippen LogP) is 4.89.